The highest BCUT2D eigenvalue weighted by atomic mass is 35.5. The quantitative estimate of drug-likeness (QED) is 0.798. The fraction of sp³-hybridized carbons (Fsp3) is 0.400. The fourth-order valence-corrected chi connectivity index (χ4v) is 3.98. The number of thioether (sulfide) groups is 1. The van der Waals surface area contributed by atoms with Crippen LogP contribution >= 0.6 is 23.4 Å². The molecule has 1 unspecified atom stereocenters. The van der Waals surface area contributed by atoms with Crippen molar-refractivity contribution in [2.24, 2.45) is 0 Å². The van der Waals surface area contributed by atoms with Crippen molar-refractivity contribution in [3.05, 3.63) is 36.0 Å². The third-order valence-electron chi connectivity index (χ3n) is 3.70. The Labute approximate surface area is 123 Å². The average Bonchev–Trinajstić information content (AvgIpc) is 2.99. The second kappa shape index (κ2) is 5.59. The van der Waals surface area contributed by atoms with E-state index in [2.05, 4.69) is 42.3 Å². The normalized spacial score (nSPS) is 18.9. The van der Waals surface area contributed by atoms with Gasteiger partial charge in [0, 0.05) is 24.2 Å². The van der Waals surface area contributed by atoms with E-state index in [0.29, 0.717) is 11.9 Å². The molecule has 1 aliphatic heterocycles. The number of fused-ring (bicyclic) bond motifs is 1. The van der Waals surface area contributed by atoms with Crippen LogP contribution in [0.2, 0.25) is 0 Å². The zero-order valence-corrected chi connectivity index (χ0v) is 12.5. The van der Waals surface area contributed by atoms with Crippen LogP contribution in [-0.2, 0) is 5.88 Å². The zero-order chi connectivity index (χ0) is 13.2. The van der Waals surface area contributed by atoms with Gasteiger partial charge < -0.3 is 4.90 Å². The summed E-state index contributed by atoms with van der Waals surface area (Å²) in [5.74, 6) is 3.98. The smallest absolute Gasteiger partial charge is 0.136 e. The largest absolute Gasteiger partial charge is 0.355 e. The molecule has 1 saturated heterocycles. The van der Waals surface area contributed by atoms with Gasteiger partial charge in [0.25, 0.3) is 0 Å². The number of rotatable bonds is 3. The minimum Gasteiger partial charge on any atom is -0.355 e. The molecule has 1 fully saturated rings. The Morgan fingerprint density at radius 2 is 2.26 bits per heavy atom. The first-order chi connectivity index (χ1) is 9.29. The summed E-state index contributed by atoms with van der Waals surface area (Å²) < 4.78 is 0. The summed E-state index contributed by atoms with van der Waals surface area (Å²) in [5.41, 5.74) is 0.952. The van der Waals surface area contributed by atoms with Crippen molar-refractivity contribution in [3.8, 4) is 0 Å². The summed E-state index contributed by atoms with van der Waals surface area (Å²) in [5, 5.41) is 2.44. The molecule has 1 aliphatic rings. The fourth-order valence-electron chi connectivity index (χ4n) is 2.57. The molecule has 0 bridgehead atoms. The molecular formula is C15H17ClN2S. The number of alkyl halides is 1. The third kappa shape index (κ3) is 2.54. The van der Waals surface area contributed by atoms with Crippen molar-refractivity contribution >= 4 is 40.0 Å². The highest BCUT2D eigenvalue weighted by Crippen LogP contribution is 2.30. The van der Waals surface area contributed by atoms with Crippen LogP contribution in [0, 0.1) is 0 Å². The van der Waals surface area contributed by atoms with Crippen molar-refractivity contribution in [2.75, 3.05) is 23.5 Å². The maximum atomic E-state index is 5.98. The first kappa shape index (κ1) is 13.1. The molecule has 19 heavy (non-hydrogen) atoms. The number of anilines is 1. The second-order valence-corrected chi connectivity index (χ2v) is 6.34. The lowest BCUT2D eigenvalue weighted by Gasteiger charge is -2.26. The number of pyridine rings is 1. The lowest BCUT2D eigenvalue weighted by atomic mass is 10.1. The van der Waals surface area contributed by atoms with Gasteiger partial charge in [-0.25, -0.2) is 4.98 Å². The van der Waals surface area contributed by atoms with E-state index in [1.165, 1.54) is 28.7 Å². The summed E-state index contributed by atoms with van der Waals surface area (Å²) in [4.78, 5) is 7.08. The van der Waals surface area contributed by atoms with Crippen molar-refractivity contribution < 1.29 is 0 Å². The van der Waals surface area contributed by atoms with Gasteiger partial charge >= 0.3 is 0 Å². The Hall–Kier alpha value is -0.930. The maximum Gasteiger partial charge on any atom is 0.136 e. The van der Waals surface area contributed by atoms with Gasteiger partial charge in [-0.1, -0.05) is 24.3 Å². The van der Waals surface area contributed by atoms with Crippen LogP contribution in [0.5, 0.6) is 0 Å². The summed E-state index contributed by atoms with van der Waals surface area (Å²) >= 11 is 8.00. The molecule has 4 heteroatoms. The van der Waals surface area contributed by atoms with Crippen molar-refractivity contribution in [1.82, 2.24) is 4.98 Å². The Balaban J connectivity index is 2.09. The van der Waals surface area contributed by atoms with E-state index in [1.807, 2.05) is 11.8 Å². The Kier molecular flexibility index (Phi) is 3.85. The number of benzene rings is 1. The minimum absolute atomic E-state index is 0.463. The third-order valence-corrected chi connectivity index (χ3v) is 5.12. The van der Waals surface area contributed by atoms with Crippen LogP contribution in [0.4, 0.5) is 5.82 Å². The molecule has 1 aromatic carbocycles. The summed E-state index contributed by atoms with van der Waals surface area (Å²) in [6.45, 7) is 0. The van der Waals surface area contributed by atoms with Crippen LogP contribution in [0.25, 0.3) is 10.8 Å². The molecule has 0 aliphatic carbocycles. The summed E-state index contributed by atoms with van der Waals surface area (Å²) in [6.07, 6.45) is 1.24. The molecule has 0 radical (unpaired) electrons. The van der Waals surface area contributed by atoms with Crippen molar-refractivity contribution in [2.45, 2.75) is 18.3 Å². The number of nitrogens with zero attached hydrogens (tertiary/aromatic N) is 2. The maximum absolute atomic E-state index is 5.98. The number of hydrogen-bond acceptors (Lipinski definition) is 3. The van der Waals surface area contributed by atoms with Gasteiger partial charge in [0.1, 0.15) is 5.82 Å². The monoisotopic (exact) mass is 292 g/mol. The predicted octanol–water partition coefficient (Wildman–Crippen LogP) is 3.92. The van der Waals surface area contributed by atoms with Gasteiger partial charge in [-0.2, -0.15) is 11.8 Å². The van der Waals surface area contributed by atoms with Crippen LogP contribution in [-0.4, -0.2) is 29.6 Å². The average molecular weight is 293 g/mol. The van der Waals surface area contributed by atoms with E-state index in [-0.39, 0.29) is 0 Å². The van der Waals surface area contributed by atoms with E-state index < -0.39 is 0 Å². The van der Waals surface area contributed by atoms with Crippen molar-refractivity contribution in [3.63, 3.8) is 0 Å². The Bertz CT molecular complexity index is 581. The molecule has 1 aromatic heterocycles. The molecule has 0 N–H and O–H groups in total. The van der Waals surface area contributed by atoms with Crippen LogP contribution in [0.15, 0.2) is 30.3 Å². The van der Waals surface area contributed by atoms with E-state index in [1.54, 1.807) is 0 Å². The lowest BCUT2D eigenvalue weighted by molar-refractivity contribution is 0.693. The molecule has 100 valence electrons. The molecule has 3 rings (SSSR count). The number of hydrogen-bond donors (Lipinski definition) is 0. The zero-order valence-electron chi connectivity index (χ0n) is 11.0. The molecular weight excluding hydrogens is 276 g/mol. The highest BCUT2D eigenvalue weighted by molar-refractivity contribution is 7.99. The highest BCUT2D eigenvalue weighted by Gasteiger charge is 2.22. The first-order valence-electron chi connectivity index (χ1n) is 6.55. The molecule has 2 nitrogen and oxygen atoms in total. The van der Waals surface area contributed by atoms with Gasteiger partial charge in [0.15, 0.2) is 0 Å². The first-order valence-corrected chi connectivity index (χ1v) is 8.23. The molecule has 0 amide bonds. The molecule has 2 aromatic rings. The Morgan fingerprint density at radius 1 is 1.42 bits per heavy atom. The second-order valence-electron chi connectivity index (χ2n) is 4.92. The predicted molar refractivity (Wildman–Crippen MR) is 85.4 cm³/mol. The topological polar surface area (TPSA) is 16.1 Å². The minimum atomic E-state index is 0.463. The number of halogens is 1. The van der Waals surface area contributed by atoms with E-state index >= 15 is 0 Å². The summed E-state index contributed by atoms with van der Waals surface area (Å²) in [7, 11) is 2.16. The van der Waals surface area contributed by atoms with Crippen LogP contribution in [0.3, 0.4) is 0 Å². The van der Waals surface area contributed by atoms with Gasteiger partial charge in [-0.3, -0.25) is 0 Å². The van der Waals surface area contributed by atoms with Crippen LogP contribution in [0.1, 0.15) is 12.1 Å². The van der Waals surface area contributed by atoms with Gasteiger partial charge in [0.05, 0.1) is 11.6 Å². The van der Waals surface area contributed by atoms with Crippen molar-refractivity contribution in [1.29, 1.82) is 0 Å². The van der Waals surface area contributed by atoms with E-state index in [9.17, 15) is 0 Å². The van der Waals surface area contributed by atoms with E-state index in [4.69, 9.17) is 16.6 Å². The molecule has 1 atom stereocenters. The van der Waals surface area contributed by atoms with Gasteiger partial charge in [-0.15, -0.1) is 11.6 Å². The van der Waals surface area contributed by atoms with E-state index in [0.717, 1.165) is 11.5 Å². The SMILES string of the molecule is CN(c1nc(CCl)cc2ccccc12)C1CCSC1. The van der Waals surface area contributed by atoms with Crippen LogP contribution < -0.4 is 4.90 Å². The molecule has 2 heterocycles. The Morgan fingerprint density at radius 3 is 3.00 bits per heavy atom. The van der Waals surface area contributed by atoms with Gasteiger partial charge in [-0.05, 0) is 23.6 Å². The summed E-state index contributed by atoms with van der Waals surface area (Å²) in [6, 6.07) is 11.1. The number of aromatic nitrogens is 1. The molecule has 0 saturated carbocycles. The lowest BCUT2D eigenvalue weighted by Crippen LogP contribution is -2.32. The van der Waals surface area contributed by atoms with Gasteiger partial charge in [0.2, 0.25) is 0 Å². The molecule has 0 spiro atoms. The standard InChI is InChI=1S/C15H17ClN2S/c1-18(13-6-7-19-10-13)15-14-5-3-2-4-11(14)8-12(9-16)17-15/h2-5,8,13H,6-7,9-10H2,1H3.